The molecule has 1 N–H and O–H groups in total. The van der Waals surface area contributed by atoms with E-state index in [4.69, 9.17) is 5.11 Å². The van der Waals surface area contributed by atoms with Crippen molar-refractivity contribution >= 4 is 22.3 Å². The predicted octanol–water partition coefficient (Wildman–Crippen LogP) is 3.61. The summed E-state index contributed by atoms with van der Waals surface area (Å²) in [6.45, 7) is 6.23. The molecule has 4 nitrogen and oxygen atoms in total. The highest BCUT2D eigenvalue weighted by Crippen LogP contribution is 2.26. The van der Waals surface area contributed by atoms with Gasteiger partial charge in [-0.05, 0) is 31.9 Å². The number of carboxylic acid groups (broad SMARTS) is 1. The van der Waals surface area contributed by atoms with Gasteiger partial charge in [0.05, 0.1) is 0 Å². The van der Waals surface area contributed by atoms with E-state index in [0.717, 1.165) is 17.1 Å². The molecule has 0 aliphatic carbocycles. The Labute approximate surface area is 126 Å². The van der Waals surface area contributed by atoms with Crippen LogP contribution in [0, 0.1) is 20.8 Å². The zero-order valence-corrected chi connectivity index (χ0v) is 13.0. The minimum atomic E-state index is -0.985. The Morgan fingerprint density at radius 3 is 2.71 bits per heavy atom. The summed E-state index contributed by atoms with van der Waals surface area (Å²) in [5, 5.41) is 8.99. The third-order valence-electron chi connectivity index (χ3n) is 3.72. The van der Waals surface area contributed by atoms with Gasteiger partial charge in [-0.3, -0.25) is 4.40 Å². The second-order valence-electron chi connectivity index (χ2n) is 5.30. The minimum Gasteiger partial charge on any atom is -0.476 e. The van der Waals surface area contributed by atoms with Gasteiger partial charge in [-0.1, -0.05) is 23.8 Å². The van der Waals surface area contributed by atoms with Gasteiger partial charge in [0.25, 0.3) is 0 Å². The number of carboxylic acids is 1. The van der Waals surface area contributed by atoms with E-state index in [1.54, 1.807) is 17.5 Å². The number of rotatable bonds is 3. The number of aryl methyl sites for hydroxylation is 3. The third-order valence-corrected chi connectivity index (χ3v) is 4.88. The SMILES string of the molecule is Cc1ccc(Cc2sc3nc(C(=O)O)cn3c2C)c(C)c1. The highest BCUT2D eigenvalue weighted by atomic mass is 32.1. The number of aromatic nitrogens is 2. The van der Waals surface area contributed by atoms with E-state index in [9.17, 15) is 4.79 Å². The molecule has 108 valence electrons. The van der Waals surface area contributed by atoms with Crippen molar-refractivity contribution in [2.24, 2.45) is 0 Å². The van der Waals surface area contributed by atoms with Crippen LogP contribution < -0.4 is 0 Å². The summed E-state index contributed by atoms with van der Waals surface area (Å²) in [7, 11) is 0. The van der Waals surface area contributed by atoms with Crippen molar-refractivity contribution in [3.63, 3.8) is 0 Å². The molecule has 0 fully saturated rings. The fraction of sp³-hybridized carbons (Fsp3) is 0.250. The fourth-order valence-corrected chi connectivity index (χ4v) is 3.60. The summed E-state index contributed by atoms with van der Waals surface area (Å²) in [5.74, 6) is -0.985. The Kier molecular flexibility index (Phi) is 3.29. The highest BCUT2D eigenvalue weighted by molar-refractivity contribution is 7.17. The van der Waals surface area contributed by atoms with E-state index < -0.39 is 5.97 Å². The number of thiazole rings is 1. The third kappa shape index (κ3) is 2.45. The average Bonchev–Trinajstić information content (AvgIpc) is 2.94. The van der Waals surface area contributed by atoms with Crippen molar-refractivity contribution in [2.45, 2.75) is 27.2 Å². The van der Waals surface area contributed by atoms with Gasteiger partial charge < -0.3 is 5.11 Å². The molecule has 0 unspecified atom stereocenters. The second-order valence-corrected chi connectivity index (χ2v) is 6.36. The summed E-state index contributed by atoms with van der Waals surface area (Å²) in [4.78, 5) is 17.1. The Hall–Kier alpha value is -2.14. The molecule has 0 aliphatic heterocycles. The van der Waals surface area contributed by atoms with Crippen LogP contribution in [0.1, 0.15) is 37.7 Å². The lowest BCUT2D eigenvalue weighted by Gasteiger charge is -2.06. The topological polar surface area (TPSA) is 54.6 Å². The van der Waals surface area contributed by atoms with E-state index >= 15 is 0 Å². The summed E-state index contributed by atoms with van der Waals surface area (Å²) < 4.78 is 1.87. The van der Waals surface area contributed by atoms with Gasteiger partial charge in [-0.25, -0.2) is 9.78 Å². The van der Waals surface area contributed by atoms with Crippen molar-refractivity contribution in [1.82, 2.24) is 9.38 Å². The maximum atomic E-state index is 11.0. The molecule has 0 saturated carbocycles. The Balaban J connectivity index is 1.99. The molecule has 0 spiro atoms. The van der Waals surface area contributed by atoms with Gasteiger partial charge >= 0.3 is 5.97 Å². The molecule has 2 aromatic heterocycles. The van der Waals surface area contributed by atoms with Crippen molar-refractivity contribution in [1.29, 1.82) is 0 Å². The fourth-order valence-electron chi connectivity index (χ4n) is 2.48. The van der Waals surface area contributed by atoms with Crippen LogP contribution in [0.3, 0.4) is 0 Å². The van der Waals surface area contributed by atoms with Gasteiger partial charge in [-0.15, -0.1) is 11.3 Å². The Bertz CT molecular complexity index is 845. The highest BCUT2D eigenvalue weighted by Gasteiger charge is 2.15. The number of aromatic carboxylic acids is 1. The van der Waals surface area contributed by atoms with Crippen LogP contribution >= 0.6 is 11.3 Å². The maximum absolute atomic E-state index is 11.0. The summed E-state index contributed by atoms with van der Waals surface area (Å²) >= 11 is 1.56. The van der Waals surface area contributed by atoms with Crippen LogP contribution in [0.15, 0.2) is 24.4 Å². The first-order chi connectivity index (χ1) is 9.95. The van der Waals surface area contributed by atoms with Crippen molar-refractivity contribution in [2.75, 3.05) is 0 Å². The Morgan fingerprint density at radius 1 is 1.33 bits per heavy atom. The van der Waals surface area contributed by atoms with E-state index in [1.165, 1.54) is 21.6 Å². The predicted molar refractivity (Wildman–Crippen MR) is 83.5 cm³/mol. The smallest absolute Gasteiger partial charge is 0.356 e. The monoisotopic (exact) mass is 300 g/mol. The van der Waals surface area contributed by atoms with E-state index in [1.807, 2.05) is 11.3 Å². The molecule has 3 aromatic rings. The lowest BCUT2D eigenvalue weighted by molar-refractivity contribution is 0.0691. The van der Waals surface area contributed by atoms with Crippen molar-refractivity contribution in [3.05, 3.63) is 57.4 Å². The van der Waals surface area contributed by atoms with Gasteiger partial charge in [-0.2, -0.15) is 0 Å². The van der Waals surface area contributed by atoms with Crippen molar-refractivity contribution in [3.8, 4) is 0 Å². The number of nitrogens with zero attached hydrogens (tertiary/aromatic N) is 2. The van der Waals surface area contributed by atoms with Gasteiger partial charge in [0.2, 0.25) is 0 Å². The second kappa shape index (κ2) is 5.00. The lowest BCUT2D eigenvalue weighted by Crippen LogP contribution is -1.96. The molecule has 0 saturated heterocycles. The van der Waals surface area contributed by atoms with E-state index in [2.05, 4.69) is 37.0 Å². The molecule has 1 aromatic carbocycles. The largest absolute Gasteiger partial charge is 0.476 e. The number of hydrogen-bond acceptors (Lipinski definition) is 3. The zero-order valence-electron chi connectivity index (χ0n) is 12.2. The van der Waals surface area contributed by atoms with Crippen LogP contribution in [0.25, 0.3) is 4.96 Å². The normalized spacial score (nSPS) is 11.2. The van der Waals surface area contributed by atoms with Crippen LogP contribution in [-0.2, 0) is 6.42 Å². The van der Waals surface area contributed by atoms with Gasteiger partial charge in [0.1, 0.15) is 0 Å². The molecular weight excluding hydrogens is 284 g/mol. The van der Waals surface area contributed by atoms with Crippen LogP contribution in [-0.4, -0.2) is 20.5 Å². The molecular formula is C16H16N2O2S. The summed E-state index contributed by atoms with van der Waals surface area (Å²) in [6.07, 6.45) is 2.45. The van der Waals surface area contributed by atoms with E-state index in [-0.39, 0.29) is 5.69 Å². The van der Waals surface area contributed by atoms with Gasteiger partial charge in [0.15, 0.2) is 10.7 Å². The van der Waals surface area contributed by atoms with Crippen LogP contribution in [0.4, 0.5) is 0 Å². The number of benzene rings is 1. The van der Waals surface area contributed by atoms with Crippen molar-refractivity contribution < 1.29 is 9.90 Å². The molecule has 5 heteroatoms. The maximum Gasteiger partial charge on any atom is 0.356 e. The summed E-state index contributed by atoms with van der Waals surface area (Å²) in [6, 6.07) is 6.47. The molecule has 0 bridgehead atoms. The standard InChI is InChI=1S/C16H16N2O2S/c1-9-4-5-12(10(2)6-9)7-14-11(3)18-8-13(15(19)20)17-16(18)21-14/h4-6,8H,7H2,1-3H3,(H,19,20). The lowest BCUT2D eigenvalue weighted by atomic mass is 10.0. The molecule has 0 aliphatic rings. The number of imidazole rings is 1. The van der Waals surface area contributed by atoms with Crippen LogP contribution in [0.2, 0.25) is 0 Å². The first kappa shape index (κ1) is 13.8. The molecule has 21 heavy (non-hydrogen) atoms. The molecule has 2 heterocycles. The molecule has 0 amide bonds. The van der Waals surface area contributed by atoms with E-state index in [0.29, 0.717) is 0 Å². The quantitative estimate of drug-likeness (QED) is 0.804. The first-order valence-electron chi connectivity index (χ1n) is 6.72. The minimum absolute atomic E-state index is 0.0995. The number of carbonyl (C=O) groups is 1. The van der Waals surface area contributed by atoms with Gasteiger partial charge in [0, 0.05) is 23.2 Å². The molecule has 0 radical (unpaired) electrons. The zero-order chi connectivity index (χ0) is 15.1. The molecule has 0 atom stereocenters. The number of hydrogen-bond donors (Lipinski definition) is 1. The molecule has 3 rings (SSSR count). The first-order valence-corrected chi connectivity index (χ1v) is 7.54. The Morgan fingerprint density at radius 2 is 2.10 bits per heavy atom. The average molecular weight is 300 g/mol. The van der Waals surface area contributed by atoms with Crippen LogP contribution in [0.5, 0.6) is 0 Å². The number of fused-ring (bicyclic) bond motifs is 1. The summed E-state index contributed by atoms with van der Waals surface area (Å²) in [5.41, 5.74) is 5.01.